The largest absolute Gasteiger partial charge is 0.366 e. The summed E-state index contributed by atoms with van der Waals surface area (Å²) in [7, 11) is 0. The quantitative estimate of drug-likeness (QED) is 0.0770. The van der Waals surface area contributed by atoms with E-state index in [2.05, 4.69) is 60.2 Å². The van der Waals surface area contributed by atoms with Gasteiger partial charge in [-0.1, -0.05) is 41.9 Å². The number of piperidine rings is 2. The van der Waals surface area contributed by atoms with E-state index in [4.69, 9.17) is 17.3 Å². The number of nitrogens with one attached hydrogen (secondary N) is 4. The number of nitrogens with two attached hydrogens (primary N) is 1. The summed E-state index contributed by atoms with van der Waals surface area (Å²) in [6, 6.07) is 27.3. The van der Waals surface area contributed by atoms with Gasteiger partial charge in [0.2, 0.25) is 23.7 Å². The first-order valence-corrected chi connectivity index (χ1v) is 21.7. The minimum Gasteiger partial charge on any atom is -0.366 e. The van der Waals surface area contributed by atoms with Crippen LogP contribution < -0.4 is 32.0 Å². The number of halogens is 2. The Labute approximate surface area is 370 Å². The molecule has 3 fully saturated rings. The Morgan fingerprint density at radius 1 is 0.889 bits per heavy atom. The van der Waals surface area contributed by atoms with Crippen LogP contribution in [0.1, 0.15) is 71.2 Å². The maximum Gasteiger partial charge on any atom is 0.265 e. The SMILES string of the molecule is C[C@H]1CN(CCC2CCN(NC(=O)c3ccc(Nc4ncc(F)c(Nc5ccc(C(N)=O)c(-c6ccccc6Cl)c5)n4)cc3)CC2)CCN1c1ccc(C2CCC(=O)NC2=O)cc1. The maximum atomic E-state index is 14.9. The number of benzene rings is 4. The van der Waals surface area contributed by atoms with E-state index in [0.717, 1.165) is 76.0 Å². The lowest BCUT2D eigenvalue weighted by atomic mass is 9.90. The van der Waals surface area contributed by atoms with Crippen LogP contribution in [0.4, 0.5) is 33.2 Å². The number of aromatic nitrogens is 2. The summed E-state index contributed by atoms with van der Waals surface area (Å²) in [5.74, 6) is -1.55. The van der Waals surface area contributed by atoms with Crippen LogP contribution in [0.15, 0.2) is 97.2 Å². The number of nitrogens with zero attached hydrogens (tertiary/aromatic N) is 5. The third-order valence-electron chi connectivity index (χ3n) is 12.2. The fourth-order valence-electron chi connectivity index (χ4n) is 8.66. The fourth-order valence-corrected chi connectivity index (χ4v) is 8.90. The minimum atomic E-state index is -0.686. The average Bonchev–Trinajstić information content (AvgIpc) is 3.28. The molecule has 63 heavy (non-hydrogen) atoms. The molecule has 16 heteroatoms. The summed E-state index contributed by atoms with van der Waals surface area (Å²) in [6.07, 6.45) is 5.11. The number of hydrogen-bond acceptors (Lipinski definition) is 11. The van der Waals surface area contributed by atoms with Gasteiger partial charge in [-0.3, -0.25) is 34.8 Å². The molecule has 0 saturated carbocycles. The summed E-state index contributed by atoms with van der Waals surface area (Å²) >= 11 is 6.42. The van der Waals surface area contributed by atoms with Gasteiger partial charge in [-0.2, -0.15) is 4.98 Å². The summed E-state index contributed by atoms with van der Waals surface area (Å²) < 4.78 is 14.9. The Hall–Kier alpha value is -6.42. The Morgan fingerprint density at radius 2 is 1.63 bits per heavy atom. The number of primary amides is 1. The molecule has 4 amide bonds. The second-order valence-corrected chi connectivity index (χ2v) is 16.8. The van der Waals surface area contributed by atoms with Crippen LogP contribution in [0.25, 0.3) is 11.1 Å². The first-order chi connectivity index (χ1) is 30.5. The standard InChI is InChI=1S/C47H50ClFN10O4/c1-29-28-57(24-25-59(29)35-13-8-31(9-14-35)36-16-17-42(60)54-46(36)63)21-18-30-19-22-58(23-20-30)56-45(62)32-6-10-33(11-7-32)53-47-51-27-41(49)44(55-47)52-34-12-15-38(43(50)61)39(26-34)37-4-2-3-5-40(37)48/h2-15,26-27,29-30,36H,16-25,28H2,1H3,(H2,50,61)(H,56,62)(H,54,60,63)(H2,51,52,53,55)/t29-,36?/m0/s1. The molecule has 1 unspecified atom stereocenters. The number of imide groups is 1. The van der Waals surface area contributed by atoms with Crippen LogP contribution >= 0.6 is 11.6 Å². The average molecular weight is 873 g/mol. The number of anilines is 5. The molecule has 6 N–H and O–H groups in total. The normalized spacial score (nSPS) is 18.7. The summed E-state index contributed by atoms with van der Waals surface area (Å²) in [5, 5.41) is 10.9. The molecule has 0 spiro atoms. The Morgan fingerprint density at radius 3 is 2.35 bits per heavy atom. The Bertz CT molecular complexity index is 2480. The smallest absolute Gasteiger partial charge is 0.265 e. The lowest BCUT2D eigenvalue weighted by Gasteiger charge is -2.42. The zero-order chi connectivity index (χ0) is 44.0. The lowest BCUT2D eigenvalue weighted by molar-refractivity contribution is -0.134. The van der Waals surface area contributed by atoms with Crippen LogP contribution in [-0.2, 0) is 9.59 Å². The van der Waals surface area contributed by atoms with Crippen LogP contribution in [0.5, 0.6) is 0 Å². The molecule has 3 aliphatic heterocycles. The van der Waals surface area contributed by atoms with E-state index in [0.29, 0.717) is 57.9 Å². The van der Waals surface area contributed by atoms with E-state index in [-0.39, 0.29) is 41.0 Å². The van der Waals surface area contributed by atoms with Gasteiger partial charge in [0, 0.05) is 84.0 Å². The number of amides is 4. The number of hydrazine groups is 1. The van der Waals surface area contributed by atoms with Crippen LogP contribution in [0.2, 0.25) is 5.02 Å². The molecule has 3 aliphatic rings. The highest BCUT2D eigenvalue weighted by Crippen LogP contribution is 2.34. The van der Waals surface area contributed by atoms with Crippen molar-refractivity contribution in [1.82, 2.24) is 30.6 Å². The van der Waals surface area contributed by atoms with Crippen molar-refractivity contribution in [2.75, 3.05) is 54.8 Å². The zero-order valence-electron chi connectivity index (χ0n) is 35.0. The van der Waals surface area contributed by atoms with E-state index >= 15 is 0 Å². The predicted octanol–water partition coefficient (Wildman–Crippen LogP) is 7.00. The number of hydrogen-bond donors (Lipinski definition) is 5. The van der Waals surface area contributed by atoms with Crippen molar-refractivity contribution in [3.63, 3.8) is 0 Å². The summed E-state index contributed by atoms with van der Waals surface area (Å²) in [4.78, 5) is 62.7. The molecule has 14 nitrogen and oxygen atoms in total. The summed E-state index contributed by atoms with van der Waals surface area (Å²) in [5.41, 5.74) is 13.7. The van der Waals surface area contributed by atoms with E-state index < -0.39 is 11.7 Å². The highest BCUT2D eigenvalue weighted by molar-refractivity contribution is 6.33. The lowest BCUT2D eigenvalue weighted by Crippen LogP contribution is -2.52. The number of carbonyl (C=O) groups is 4. The predicted molar refractivity (Wildman–Crippen MR) is 242 cm³/mol. The van der Waals surface area contributed by atoms with Gasteiger partial charge < -0.3 is 21.3 Å². The molecule has 0 bridgehead atoms. The van der Waals surface area contributed by atoms with Crippen molar-refractivity contribution >= 4 is 64.1 Å². The van der Waals surface area contributed by atoms with Gasteiger partial charge in [0.25, 0.3) is 5.91 Å². The van der Waals surface area contributed by atoms with Crippen molar-refractivity contribution in [3.05, 3.63) is 125 Å². The van der Waals surface area contributed by atoms with Crippen molar-refractivity contribution in [2.24, 2.45) is 11.7 Å². The van der Waals surface area contributed by atoms with E-state index in [1.54, 1.807) is 66.7 Å². The molecule has 326 valence electrons. The van der Waals surface area contributed by atoms with Crippen molar-refractivity contribution in [3.8, 4) is 11.1 Å². The molecule has 2 atom stereocenters. The van der Waals surface area contributed by atoms with Crippen LogP contribution in [0.3, 0.4) is 0 Å². The van der Waals surface area contributed by atoms with Crippen LogP contribution in [0, 0.1) is 11.7 Å². The van der Waals surface area contributed by atoms with Gasteiger partial charge in [0.1, 0.15) is 0 Å². The zero-order valence-corrected chi connectivity index (χ0v) is 35.7. The molecular formula is C47H50ClFN10O4. The monoisotopic (exact) mass is 872 g/mol. The van der Waals surface area contributed by atoms with Gasteiger partial charge in [-0.05, 0) is 117 Å². The van der Waals surface area contributed by atoms with E-state index in [1.807, 2.05) is 17.1 Å². The van der Waals surface area contributed by atoms with E-state index in [1.165, 1.54) is 0 Å². The topological polar surface area (TPSA) is 178 Å². The molecule has 0 aliphatic carbocycles. The fraction of sp³-hybridized carbons (Fsp3) is 0.319. The minimum absolute atomic E-state index is 0.0915. The number of carbonyl (C=O) groups excluding carboxylic acids is 4. The highest BCUT2D eigenvalue weighted by atomic mass is 35.5. The van der Waals surface area contributed by atoms with Gasteiger partial charge in [-0.15, -0.1) is 0 Å². The Balaban J connectivity index is 0.775. The summed E-state index contributed by atoms with van der Waals surface area (Å²) in [6.45, 7) is 7.77. The molecule has 1 aromatic heterocycles. The molecular weight excluding hydrogens is 823 g/mol. The van der Waals surface area contributed by atoms with Gasteiger partial charge in [0.15, 0.2) is 11.6 Å². The number of rotatable bonds is 13. The van der Waals surface area contributed by atoms with Gasteiger partial charge in [-0.25, -0.2) is 14.4 Å². The maximum absolute atomic E-state index is 14.9. The third-order valence-corrected chi connectivity index (χ3v) is 12.5. The van der Waals surface area contributed by atoms with Crippen molar-refractivity contribution in [1.29, 1.82) is 0 Å². The first kappa shape index (κ1) is 43.2. The second-order valence-electron chi connectivity index (χ2n) is 16.4. The van der Waals surface area contributed by atoms with Crippen LogP contribution in [-0.4, -0.2) is 88.8 Å². The first-order valence-electron chi connectivity index (χ1n) is 21.3. The molecule has 3 saturated heterocycles. The third kappa shape index (κ3) is 10.4. The van der Waals surface area contributed by atoms with Gasteiger partial charge >= 0.3 is 0 Å². The molecule has 0 radical (unpaired) electrons. The molecule has 5 aromatic rings. The number of piperazine rings is 1. The molecule has 8 rings (SSSR count). The van der Waals surface area contributed by atoms with Gasteiger partial charge in [0.05, 0.1) is 12.1 Å². The Kier molecular flexibility index (Phi) is 13.3. The molecule has 4 heterocycles. The van der Waals surface area contributed by atoms with Crippen molar-refractivity contribution < 1.29 is 23.6 Å². The highest BCUT2D eigenvalue weighted by Gasteiger charge is 2.29. The van der Waals surface area contributed by atoms with E-state index in [9.17, 15) is 23.6 Å². The molecule has 4 aromatic carbocycles. The van der Waals surface area contributed by atoms with Crippen molar-refractivity contribution in [2.45, 2.75) is 51.0 Å². The second kappa shape index (κ2) is 19.3.